The van der Waals surface area contributed by atoms with Crippen molar-refractivity contribution in [2.75, 3.05) is 0 Å². The Bertz CT molecular complexity index is 393. The van der Waals surface area contributed by atoms with Crippen LogP contribution < -0.4 is 0 Å². The third-order valence-corrected chi connectivity index (χ3v) is 2.97. The van der Waals surface area contributed by atoms with Crippen molar-refractivity contribution in [1.29, 1.82) is 0 Å². The van der Waals surface area contributed by atoms with Gasteiger partial charge in [0.25, 0.3) is 0 Å². The van der Waals surface area contributed by atoms with Crippen LogP contribution in [-0.2, 0) is 4.79 Å². The molecule has 1 unspecified atom stereocenters. The zero-order valence-electron chi connectivity index (χ0n) is 10.5. The zero-order valence-corrected chi connectivity index (χ0v) is 11.3. The minimum atomic E-state index is -0.781. The van der Waals surface area contributed by atoms with Gasteiger partial charge >= 0.3 is 5.97 Å². The molecule has 1 atom stereocenters. The van der Waals surface area contributed by atoms with Gasteiger partial charge in [0.05, 0.1) is 5.92 Å². The van der Waals surface area contributed by atoms with Crippen LogP contribution in [0.1, 0.15) is 45.1 Å². The van der Waals surface area contributed by atoms with Gasteiger partial charge in [0.15, 0.2) is 0 Å². The second-order valence-corrected chi connectivity index (χ2v) is 5.98. The number of carboxylic acids is 1. The highest BCUT2D eigenvalue weighted by molar-refractivity contribution is 6.30. The van der Waals surface area contributed by atoms with Gasteiger partial charge in [0.2, 0.25) is 0 Å². The maximum atomic E-state index is 11.3. The number of carboxylic acid groups (broad SMARTS) is 1. The average molecular weight is 255 g/mol. The molecule has 0 saturated heterocycles. The molecule has 0 saturated carbocycles. The fraction of sp³-hybridized carbons (Fsp3) is 0.500. The highest BCUT2D eigenvalue weighted by atomic mass is 35.5. The van der Waals surface area contributed by atoms with Crippen molar-refractivity contribution in [2.24, 2.45) is 5.41 Å². The van der Waals surface area contributed by atoms with Crippen LogP contribution in [0.25, 0.3) is 0 Å². The van der Waals surface area contributed by atoms with Gasteiger partial charge in [-0.3, -0.25) is 4.79 Å². The summed E-state index contributed by atoms with van der Waals surface area (Å²) >= 11 is 5.89. The summed E-state index contributed by atoms with van der Waals surface area (Å²) in [5, 5.41) is 9.86. The second-order valence-electron chi connectivity index (χ2n) is 5.55. The maximum absolute atomic E-state index is 11.3. The maximum Gasteiger partial charge on any atom is 0.310 e. The van der Waals surface area contributed by atoms with Gasteiger partial charge in [-0.05, 0) is 36.0 Å². The molecule has 0 fully saturated rings. The first kappa shape index (κ1) is 14.0. The fourth-order valence-electron chi connectivity index (χ4n) is 1.73. The van der Waals surface area contributed by atoms with Crippen LogP contribution >= 0.6 is 11.6 Å². The van der Waals surface area contributed by atoms with Crippen molar-refractivity contribution in [3.63, 3.8) is 0 Å². The third-order valence-electron chi connectivity index (χ3n) is 2.73. The van der Waals surface area contributed by atoms with E-state index in [0.29, 0.717) is 11.4 Å². The van der Waals surface area contributed by atoms with Crippen LogP contribution in [0.2, 0.25) is 5.02 Å². The van der Waals surface area contributed by atoms with Crippen LogP contribution in [-0.4, -0.2) is 11.1 Å². The Kier molecular flexibility index (Phi) is 4.58. The third kappa shape index (κ3) is 4.78. The van der Waals surface area contributed by atoms with Crippen molar-refractivity contribution in [3.8, 4) is 0 Å². The van der Waals surface area contributed by atoms with E-state index in [0.717, 1.165) is 12.0 Å². The lowest BCUT2D eigenvalue weighted by atomic mass is 9.84. The molecule has 0 amide bonds. The Balaban J connectivity index is 2.83. The standard InChI is InChI=1S/C14H19ClO2/c1-14(2,3)8-7-12(13(16)17)10-5-4-6-11(15)9-10/h4-6,9,12H,7-8H2,1-3H3,(H,16,17). The number of rotatable bonds is 4. The van der Waals surface area contributed by atoms with Crippen molar-refractivity contribution in [3.05, 3.63) is 34.9 Å². The molecule has 0 spiro atoms. The molecule has 17 heavy (non-hydrogen) atoms. The number of benzene rings is 1. The molecule has 0 aliphatic carbocycles. The largest absolute Gasteiger partial charge is 0.481 e. The second kappa shape index (κ2) is 5.54. The van der Waals surface area contributed by atoms with Crippen LogP contribution in [0, 0.1) is 5.41 Å². The van der Waals surface area contributed by atoms with Crippen LogP contribution in [0.15, 0.2) is 24.3 Å². The summed E-state index contributed by atoms with van der Waals surface area (Å²) in [6.45, 7) is 6.34. The van der Waals surface area contributed by atoms with Crippen molar-refractivity contribution in [2.45, 2.75) is 39.5 Å². The van der Waals surface area contributed by atoms with Crippen LogP contribution in [0.3, 0.4) is 0 Å². The molecule has 0 aliphatic rings. The predicted octanol–water partition coefficient (Wildman–Crippen LogP) is 4.33. The summed E-state index contributed by atoms with van der Waals surface area (Å²) in [4.78, 5) is 11.3. The topological polar surface area (TPSA) is 37.3 Å². The average Bonchev–Trinajstić information content (AvgIpc) is 2.15. The lowest BCUT2D eigenvalue weighted by molar-refractivity contribution is -0.139. The smallest absolute Gasteiger partial charge is 0.310 e. The predicted molar refractivity (Wildman–Crippen MR) is 70.5 cm³/mol. The van der Waals surface area contributed by atoms with Gasteiger partial charge in [-0.25, -0.2) is 0 Å². The quantitative estimate of drug-likeness (QED) is 0.868. The first-order valence-electron chi connectivity index (χ1n) is 5.78. The molecule has 2 nitrogen and oxygen atoms in total. The first-order valence-corrected chi connectivity index (χ1v) is 6.16. The first-order chi connectivity index (χ1) is 7.79. The number of carbonyl (C=O) groups is 1. The zero-order chi connectivity index (χ0) is 13.1. The van der Waals surface area contributed by atoms with E-state index < -0.39 is 11.9 Å². The van der Waals surface area contributed by atoms with Gasteiger partial charge in [-0.2, -0.15) is 0 Å². The summed E-state index contributed by atoms with van der Waals surface area (Å²) < 4.78 is 0. The minimum absolute atomic E-state index is 0.145. The fourth-order valence-corrected chi connectivity index (χ4v) is 1.93. The van der Waals surface area contributed by atoms with Gasteiger partial charge in [0, 0.05) is 5.02 Å². The SMILES string of the molecule is CC(C)(C)CCC(C(=O)O)c1cccc(Cl)c1. The van der Waals surface area contributed by atoms with Gasteiger partial charge in [0.1, 0.15) is 0 Å². The Morgan fingerprint density at radius 2 is 2.06 bits per heavy atom. The lowest BCUT2D eigenvalue weighted by Crippen LogP contribution is -2.15. The van der Waals surface area contributed by atoms with Crippen molar-refractivity contribution < 1.29 is 9.90 Å². The van der Waals surface area contributed by atoms with E-state index in [9.17, 15) is 9.90 Å². The molecule has 0 aliphatic heterocycles. The molecule has 0 radical (unpaired) electrons. The molecular formula is C14H19ClO2. The monoisotopic (exact) mass is 254 g/mol. The molecule has 1 rings (SSSR count). The highest BCUT2D eigenvalue weighted by Crippen LogP contribution is 2.30. The van der Waals surface area contributed by atoms with E-state index in [-0.39, 0.29) is 5.41 Å². The molecule has 1 aromatic carbocycles. The van der Waals surface area contributed by atoms with Gasteiger partial charge in [-0.1, -0.05) is 44.5 Å². The van der Waals surface area contributed by atoms with Gasteiger partial charge in [-0.15, -0.1) is 0 Å². The van der Waals surface area contributed by atoms with E-state index in [1.54, 1.807) is 18.2 Å². The molecule has 3 heteroatoms. The summed E-state index contributed by atoms with van der Waals surface area (Å²) in [5.41, 5.74) is 0.931. The Hall–Kier alpha value is -1.02. The summed E-state index contributed by atoms with van der Waals surface area (Å²) in [6.07, 6.45) is 1.51. The number of hydrogen-bond acceptors (Lipinski definition) is 1. The van der Waals surface area contributed by atoms with E-state index in [1.165, 1.54) is 0 Å². The highest BCUT2D eigenvalue weighted by Gasteiger charge is 2.22. The normalized spacial score (nSPS) is 13.4. The Labute approximate surface area is 108 Å². The van der Waals surface area contributed by atoms with E-state index in [1.807, 2.05) is 6.07 Å². The molecule has 1 aromatic rings. The number of halogens is 1. The molecule has 0 aromatic heterocycles. The Morgan fingerprint density at radius 1 is 1.41 bits per heavy atom. The van der Waals surface area contributed by atoms with E-state index in [4.69, 9.17) is 11.6 Å². The lowest BCUT2D eigenvalue weighted by Gasteiger charge is -2.21. The molecule has 94 valence electrons. The van der Waals surface area contributed by atoms with Crippen molar-refractivity contribution >= 4 is 17.6 Å². The molecular weight excluding hydrogens is 236 g/mol. The molecule has 1 N–H and O–H groups in total. The summed E-state index contributed by atoms with van der Waals surface area (Å²) in [5.74, 6) is -1.25. The summed E-state index contributed by atoms with van der Waals surface area (Å²) in [7, 11) is 0. The van der Waals surface area contributed by atoms with Crippen LogP contribution in [0.4, 0.5) is 0 Å². The Morgan fingerprint density at radius 3 is 2.53 bits per heavy atom. The van der Waals surface area contributed by atoms with Crippen LogP contribution in [0.5, 0.6) is 0 Å². The molecule has 0 heterocycles. The van der Waals surface area contributed by atoms with Gasteiger partial charge < -0.3 is 5.11 Å². The number of aliphatic carboxylic acids is 1. The van der Waals surface area contributed by atoms with E-state index >= 15 is 0 Å². The van der Waals surface area contributed by atoms with Crippen molar-refractivity contribution in [1.82, 2.24) is 0 Å². The molecule has 0 bridgehead atoms. The number of hydrogen-bond donors (Lipinski definition) is 1. The van der Waals surface area contributed by atoms with E-state index in [2.05, 4.69) is 20.8 Å². The minimum Gasteiger partial charge on any atom is -0.481 e. The summed E-state index contributed by atoms with van der Waals surface area (Å²) in [6, 6.07) is 7.12.